The van der Waals surface area contributed by atoms with E-state index in [1.165, 1.54) is 0 Å². The second-order valence-corrected chi connectivity index (χ2v) is 6.59. The molecule has 4 rings (SSSR count). The van der Waals surface area contributed by atoms with Gasteiger partial charge in [-0.2, -0.15) is 22.0 Å². The average molecular weight is 428 g/mol. The molecule has 2 aliphatic rings. The summed E-state index contributed by atoms with van der Waals surface area (Å²) in [7, 11) is 0. The molecule has 2 heterocycles. The molecular formula is C21H18N2S2Zn-4. The van der Waals surface area contributed by atoms with Gasteiger partial charge in [0.25, 0.3) is 0 Å². The standard InChI is InChI=1S/C14H12N2.C7H8S2.Zn/c1-9-3-5-11-7-8-12-6-4-10(2)16-14(12)13(11)15-9;8-5-6-3-1-2-4-7(6)9;/h3-8H,1-2H3;1-4,8-9H,5H2;/q-2;;/p-2. The largest absolute Gasteiger partial charge is 0.788 e. The van der Waals surface area contributed by atoms with E-state index < -0.39 is 0 Å². The predicted molar refractivity (Wildman–Crippen MR) is 111 cm³/mol. The Balaban J connectivity index is 0.000000210. The minimum Gasteiger partial charge on any atom is -0.788 e. The van der Waals surface area contributed by atoms with E-state index in [1.54, 1.807) is 0 Å². The van der Waals surface area contributed by atoms with Gasteiger partial charge in [0.2, 0.25) is 0 Å². The zero-order valence-electron chi connectivity index (χ0n) is 14.9. The normalized spacial score (nSPS) is 13.3. The quantitative estimate of drug-likeness (QED) is 0.486. The molecule has 0 saturated carbocycles. The maximum Gasteiger partial charge on any atom is 0 e. The molecule has 0 spiro atoms. The second kappa shape index (κ2) is 9.41. The molecule has 0 aliphatic carbocycles. The molecule has 2 aromatic carbocycles. The van der Waals surface area contributed by atoms with Crippen molar-refractivity contribution in [3.8, 4) is 0 Å². The van der Waals surface area contributed by atoms with E-state index in [4.69, 9.17) is 25.3 Å². The van der Waals surface area contributed by atoms with Gasteiger partial charge in [-0.25, -0.2) is 0 Å². The van der Waals surface area contributed by atoms with Gasteiger partial charge in [-0.3, -0.25) is 0 Å². The average Bonchev–Trinajstić information content (AvgIpc) is 2.62. The van der Waals surface area contributed by atoms with Crippen molar-refractivity contribution in [1.82, 2.24) is 0 Å². The Morgan fingerprint density at radius 2 is 1.27 bits per heavy atom. The minimum absolute atomic E-state index is 0. The SMILES string of the molecule is CC1=CC=c2ccc3c(c2[N-]1)[N-]C(C)=CC=3.[S-]Cc1ccccc1[S-].[Zn]. The van der Waals surface area contributed by atoms with E-state index in [2.05, 4.69) is 34.9 Å². The molecule has 0 amide bonds. The zero-order valence-corrected chi connectivity index (χ0v) is 19.5. The topological polar surface area (TPSA) is 28.2 Å². The summed E-state index contributed by atoms with van der Waals surface area (Å²) in [6.07, 6.45) is 8.26. The smallest absolute Gasteiger partial charge is 0 e. The third-order valence-corrected chi connectivity index (χ3v) is 4.64. The molecule has 0 fully saturated rings. The van der Waals surface area contributed by atoms with Crippen LogP contribution in [-0.4, -0.2) is 0 Å². The summed E-state index contributed by atoms with van der Waals surface area (Å²) in [4.78, 5) is 0.882. The van der Waals surface area contributed by atoms with Crippen LogP contribution in [0.15, 0.2) is 64.8 Å². The first kappa shape index (κ1) is 20.8. The third-order valence-electron chi connectivity index (χ3n) is 3.93. The minimum atomic E-state index is 0. The number of hydrogen-bond acceptors (Lipinski definition) is 2. The fraction of sp³-hybridized carbons (Fsp3) is 0.143. The Bertz CT molecular complexity index is 921. The van der Waals surface area contributed by atoms with Crippen LogP contribution in [0.25, 0.3) is 22.8 Å². The number of nitrogens with zero attached hydrogens (tertiary/aromatic N) is 2. The van der Waals surface area contributed by atoms with Crippen molar-refractivity contribution < 1.29 is 19.5 Å². The molecule has 26 heavy (non-hydrogen) atoms. The van der Waals surface area contributed by atoms with Crippen LogP contribution in [-0.2, 0) is 50.5 Å². The molecule has 2 aromatic rings. The van der Waals surface area contributed by atoms with E-state index in [9.17, 15) is 0 Å². The van der Waals surface area contributed by atoms with E-state index in [0.717, 1.165) is 43.7 Å². The molecule has 0 aromatic heterocycles. The Morgan fingerprint density at radius 3 is 1.69 bits per heavy atom. The fourth-order valence-electron chi connectivity index (χ4n) is 2.59. The Kier molecular flexibility index (Phi) is 7.51. The van der Waals surface area contributed by atoms with Crippen molar-refractivity contribution in [2.75, 3.05) is 0 Å². The molecule has 130 valence electrons. The molecular weight excluding hydrogens is 410 g/mol. The summed E-state index contributed by atoms with van der Waals surface area (Å²) in [5.41, 5.74) is 5.15. The van der Waals surface area contributed by atoms with Gasteiger partial charge in [0.15, 0.2) is 0 Å². The van der Waals surface area contributed by atoms with E-state index in [-0.39, 0.29) is 19.5 Å². The number of benzene rings is 2. The van der Waals surface area contributed by atoms with Crippen LogP contribution >= 0.6 is 0 Å². The molecule has 0 unspecified atom stereocenters. The van der Waals surface area contributed by atoms with Gasteiger partial charge in [0, 0.05) is 19.5 Å². The molecule has 0 N–H and O–H groups in total. The van der Waals surface area contributed by atoms with Crippen LogP contribution in [0.1, 0.15) is 19.4 Å². The first-order chi connectivity index (χ1) is 12.1. The number of fused-ring (bicyclic) bond motifs is 3. The fourth-order valence-corrected chi connectivity index (χ4v) is 3.15. The zero-order chi connectivity index (χ0) is 17.8. The number of rotatable bonds is 1. The number of hydrogen-bond donors (Lipinski definition) is 0. The molecule has 0 atom stereocenters. The van der Waals surface area contributed by atoms with Crippen molar-refractivity contribution >= 4 is 48.8 Å². The molecule has 0 saturated heterocycles. The van der Waals surface area contributed by atoms with Crippen molar-refractivity contribution in [2.24, 2.45) is 0 Å². The predicted octanol–water partition coefficient (Wildman–Crippen LogP) is 4.73. The van der Waals surface area contributed by atoms with Crippen molar-refractivity contribution in [3.63, 3.8) is 0 Å². The van der Waals surface area contributed by atoms with Crippen LogP contribution in [0.5, 0.6) is 0 Å². The monoisotopic (exact) mass is 426 g/mol. The van der Waals surface area contributed by atoms with Gasteiger partial charge in [-0.1, -0.05) is 80.1 Å². The third kappa shape index (κ3) is 4.79. The summed E-state index contributed by atoms with van der Waals surface area (Å²) in [6, 6.07) is 11.9. The summed E-state index contributed by atoms with van der Waals surface area (Å²) in [5.74, 6) is 0.625. The van der Waals surface area contributed by atoms with Gasteiger partial charge in [-0.05, 0) is 10.4 Å². The van der Waals surface area contributed by atoms with E-state index in [0.29, 0.717) is 5.75 Å². The Morgan fingerprint density at radius 1 is 0.769 bits per heavy atom. The van der Waals surface area contributed by atoms with Gasteiger partial charge in [0.05, 0.1) is 0 Å². The second-order valence-electron chi connectivity index (χ2n) is 5.87. The molecule has 2 nitrogen and oxygen atoms in total. The van der Waals surface area contributed by atoms with E-state index in [1.807, 2.05) is 50.3 Å². The first-order valence-electron chi connectivity index (χ1n) is 8.05. The molecule has 5 heteroatoms. The van der Waals surface area contributed by atoms with Crippen LogP contribution in [0.3, 0.4) is 0 Å². The summed E-state index contributed by atoms with van der Waals surface area (Å²) >= 11 is 9.82. The van der Waals surface area contributed by atoms with Crippen molar-refractivity contribution in [1.29, 1.82) is 0 Å². The van der Waals surface area contributed by atoms with Gasteiger partial charge in [-0.15, -0.1) is 11.4 Å². The summed E-state index contributed by atoms with van der Waals surface area (Å²) in [5, 5.41) is 11.5. The van der Waals surface area contributed by atoms with Crippen LogP contribution < -0.4 is 10.4 Å². The van der Waals surface area contributed by atoms with Crippen LogP contribution in [0.2, 0.25) is 0 Å². The van der Waals surface area contributed by atoms with E-state index >= 15 is 0 Å². The van der Waals surface area contributed by atoms with Gasteiger partial charge < -0.3 is 35.9 Å². The van der Waals surface area contributed by atoms with Crippen LogP contribution in [0.4, 0.5) is 11.4 Å². The maximum atomic E-state index is 4.98. The maximum absolute atomic E-state index is 4.98. The summed E-state index contributed by atoms with van der Waals surface area (Å²) < 4.78 is 0. The summed E-state index contributed by atoms with van der Waals surface area (Å²) in [6.45, 7) is 4.02. The molecule has 0 bridgehead atoms. The van der Waals surface area contributed by atoms with Crippen molar-refractivity contribution in [3.05, 3.63) is 86.6 Å². The van der Waals surface area contributed by atoms with Gasteiger partial charge in [0.1, 0.15) is 0 Å². The Hall–Kier alpha value is -1.55. The van der Waals surface area contributed by atoms with Crippen LogP contribution in [0, 0.1) is 0 Å². The van der Waals surface area contributed by atoms with Crippen molar-refractivity contribution in [2.45, 2.75) is 24.5 Å². The Labute approximate surface area is 178 Å². The number of allylic oxidation sites excluding steroid dienone is 4. The molecule has 2 aliphatic heterocycles. The molecule has 0 radical (unpaired) electrons. The van der Waals surface area contributed by atoms with Gasteiger partial charge >= 0.3 is 0 Å². The first-order valence-corrected chi connectivity index (χ1v) is 9.04.